The van der Waals surface area contributed by atoms with E-state index in [4.69, 9.17) is 0 Å². The van der Waals surface area contributed by atoms with Crippen molar-refractivity contribution < 1.29 is 9.59 Å². The fourth-order valence-corrected chi connectivity index (χ4v) is 6.04. The van der Waals surface area contributed by atoms with Crippen molar-refractivity contribution in [1.29, 1.82) is 0 Å². The van der Waals surface area contributed by atoms with Crippen LogP contribution in [0.15, 0.2) is 17.1 Å². The molecule has 7 nitrogen and oxygen atoms in total. The molecule has 5 unspecified atom stereocenters. The Morgan fingerprint density at radius 2 is 1.69 bits per heavy atom. The average molecular weight is 558 g/mol. The second-order valence-corrected chi connectivity index (χ2v) is 10.2. The number of allylic oxidation sites excluding steroid dienone is 2. The number of likely N-dealkylation sites (tertiary alicyclic amines) is 2. The molecule has 0 aromatic rings. The molecule has 2 saturated heterocycles. The van der Waals surface area contributed by atoms with Crippen LogP contribution in [0.5, 0.6) is 0 Å². The van der Waals surface area contributed by atoms with Gasteiger partial charge in [-0.25, -0.2) is 0 Å². The predicted molar refractivity (Wildman–Crippen MR) is 138 cm³/mol. The average Bonchev–Trinajstić information content (AvgIpc) is 3.43. The summed E-state index contributed by atoms with van der Waals surface area (Å²) in [6, 6.07) is 0.468. The van der Waals surface area contributed by atoms with Crippen molar-refractivity contribution in [3.8, 4) is 0 Å². The zero-order valence-corrected chi connectivity index (χ0v) is 22.2. The lowest BCUT2D eigenvalue weighted by Gasteiger charge is -2.39. The molecule has 2 aliphatic carbocycles. The minimum absolute atomic E-state index is 0. The van der Waals surface area contributed by atoms with E-state index in [9.17, 15) is 9.59 Å². The van der Waals surface area contributed by atoms with Crippen LogP contribution in [0.2, 0.25) is 0 Å². The van der Waals surface area contributed by atoms with E-state index < -0.39 is 0 Å². The lowest BCUT2D eigenvalue weighted by molar-refractivity contribution is -0.140. The number of nitrogens with zero attached hydrogens (tertiary/aromatic N) is 3. The number of imide groups is 1. The van der Waals surface area contributed by atoms with Gasteiger partial charge in [0, 0.05) is 32.7 Å². The molecule has 5 atom stereocenters. The second kappa shape index (κ2) is 10.8. The lowest BCUT2D eigenvalue weighted by Crippen LogP contribution is -2.52. The number of hydrogen-bond acceptors (Lipinski definition) is 4. The molecule has 32 heavy (non-hydrogen) atoms. The van der Waals surface area contributed by atoms with Gasteiger partial charge in [-0.3, -0.25) is 24.4 Å². The zero-order valence-electron chi connectivity index (χ0n) is 19.9. The Balaban J connectivity index is 0.00000289. The molecule has 0 aromatic carbocycles. The van der Waals surface area contributed by atoms with Crippen LogP contribution < -0.4 is 10.6 Å². The summed E-state index contributed by atoms with van der Waals surface area (Å²) in [5.41, 5.74) is 0. The highest BCUT2D eigenvalue weighted by atomic mass is 127. The molecule has 2 heterocycles. The van der Waals surface area contributed by atoms with E-state index in [0.717, 1.165) is 37.9 Å². The van der Waals surface area contributed by atoms with E-state index in [2.05, 4.69) is 53.4 Å². The summed E-state index contributed by atoms with van der Waals surface area (Å²) >= 11 is 0. The van der Waals surface area contributed by atoms with Gasteiger partial charge >= 0.3 is 0 Å². The summed E-state index contributed by atoms with van der Waals surface area (Å²) < 4.78 is 0. The van der Waals surface area contributed by atoms with Crippen LogP contribution >= 0.6 is 24.0 Å². The van der Waals surface area contributed by atoms with E-state index in [1.54, 1.807) is 7.05 Å². The molecule has 180 valence electrons. The third-order valence-electron chi connectivity index (χ3n) is 7.95. The van der Waals surface area contributed by atoms with Crippen LogP contribution in [-0.2, 0) is 9.59 Å². The van der Waals surface area contributed by atoms with Crippen molar-refractivity contribution >= 4 is 41.8 Å². The van der Waals surface area contributed by atoms with Gasteiger partial charge in [-0.1, -0.05) is 32.9 Å². The molecule has 3 fully saturated rings. The number of amides is 2. The van der Waals surface area contributed by atoms with Crippen LogP contribution in [-0.4, -0.2) is 73.4 Å². The maximum absolute atomic E-state index is 12.8. The molecule has 0 radical (unpaired) electrons. The van der Waals surface area contributed by atoms with Crippen molar-refractivity contribution in [2.75, 3.05) is 39.8 Å². The Morgan fingerprint density at radius 3 is 2.22 bits per heavy atom. The number of hydrogen-bond donors (Lipinski definition) is 2. The van der Waals surface area contributed by atoms with E-state index in [-0.39, 0.29) is 59.5 Å². The summed E-state index contributed by atoms with van der Waals surface area (Å²) in [5, 5.41) is 6.77. The topological polar surface area (TPSA) is 77.0 Å². The minimum atomic E-state index is -0.112. The van der Waals surface area contributed by atoms with Gasteiger partial charge in [0.15, 0.2) is 5.96 Å². The molecule has 1 saturated carbocycles. The minimum Gasteiger partial charge on any atom is -0.355 e. The molecular weight excluding hydrogens is 517 g/mol. The van der Waals surface area contributed by atoms with Crippen LogP contribution in [0.3, 0.4) is 0 Å². The Bertz CT molecular complexity index is 717. The van der Waals surface area contributed by atoms with E-state index in [1.165, 1.54) is 17.7 Å². The molecule has 0 spiro atoms. The van der Waals surface area contributed by atoms with Crippen LogP contribution in [0, 0.1) is 35.5 Å². The molecule has 2 N–H and O–H groups in total. The van der Waals surface area contributed by atoms with Crippen LogP contribution in [0.4, 0.5) is 0 Å². The van der Waals surface area contributed by atoms with Gasteiger partial charge in [-0.2, -0.15) is 0 Å². The monoisotopic (exact) mass is 557 g/mol. The summed E-state index contributed by atoms with van der Waals surface area (Å²) in [6.45, 7) is 11.0. The molecule has 8 heteroatoms. The fraction of sp³-hybridized carbons (Fsp3) is 0.792. The third kappa shape index (κ3) is 5.00. The number of aliphatic imine (C=N–C) groups is 1. The second-order valence-electron chi connectivity index (χ2n) is 10.2. The van der Waals surface area contributed by atoms with Crippen molar-refractivity contribution in [2.45, 2.75) is 46.1 Å². The molecule has 4 aliphatic rings. The molecule has 2 bridgehead atoms. The van der Waals surface area contributed by atoms with Gasteiger partial charge in [0.25, 0.3) is 0 Å². The summed E-state index contributed by atoms with van der Waals surface area (Å²) in [6.07, 6.45) is 7.79. The summed E-state index contributed by atoms with van der Waals surface area (Å²) in [4.78, 5) is 34.1. The number of halogens is 1. The standard InChI is InChI=1S/C24H39N5O2.HI/c1-15(2)19(28-10-7-16(3)8-11-28)14-27-24(25-4)26-9-12-29-22(30)20-17-5-6-18(13-17)21(20)23(29)31;/h5-6,15-21H,7-14H2,1-4H3,(H2,25,26,27);1H. The highest BCUT2D eigenvalue weighted by Gasteiger charge is 2.58. The van der Waals surface area contributed by atoms with E-state index in [1.807, 2.05) is 0 Å². The first kappa shape index (κ1) is 25.5. The Morgan fingerprint density at radius 1 is 1.09 bits per heavy atom. The number of guanidine groups is 1. The lowest BCUT2D eigenvalue weighted by atomic mass is 9.85. The van der Waals surface area contributed by atoms with Gasteiger partial charge in [-0.05, 0) is 56.0 Å². The number of nitrogens with one attached hydrogen (secondary N) is 2. The van der Waals surface area contributed by atoms with Crippen LogP contribution in [0.1, 0.15) is 40.0 Å². The Labute approximate surface area is 209 Å². The SMILES string of the molecule is CN=C(NCCN1C(=O)C2C3C=CC(C3)C2C1=O)NCC(C(C)C)N1CCC(C)CC1.I. The Hall–Kier alpha value is -1.16. The maximum Gasteiger partial charge on any atom is 0.233 e. The van der Waals surface area contributed by atoms with Crippen molar-refractivity contribution in [3.63, 3.8) is 0 Å². The van der Waals surface area contributed by atoms with Crippen LogP contribution in [0.25, 0.3) is 0 Å². The number of fused-ring (bicyclic) bond motifs is 5. The summed E-state index contributed by atoms with van der Waals surface area (Å²) in [5.74, 6) is 2.48. The van der Waals surface area contributed by atoms with Gasteiger partial charge in [0.2, 0.25) is 11.8 Å². The smallest absolute Gasteiger partial charge is 0.233 e. The predicted octanol–water partition coefficient (Wildman–Crippen LogP) is 2.33. The molecule has 2 aliphatic heterocycles. The van der Waals surface area contributed by atoms with Gasteiger partial charge in [0.05, 0.1) is 11.8 Å². The van der Waals surface area contributed by atoms with Gasteiger partial charge in [0.1, 0.15) is 0 Å². The van der Waals surface area contributed by atoms with Crippen molar-refractivity contribution in [3.05, 3.63) is 12.2 Å². The maximum atomic E-state index is 12.8. The fourth-order valence-electron chi connectivity index (χ4n) is 6.04. The molecule has 4 rings (SSSR count). The summed E-state index contributed by atoms with van der Waals surface area (Å²) in [7, 11) is 1.77. The molecule has 2 amide bonds. The first-order valence-electron chi connectivity index (χ1n) is 12.1. The van der Waals surface area contributed by atoms with E-state index in [0.29, 0.717) is 25.0 Å². The van der Waals surface area contributed by atoms with Crippen molar-refractivity contribution in [1.82, 2.24) is 20.4 Å². The number of piperidine rings is 1. The number of carbonyl (C=O) groups is 2. The largest absolute Gasteiger partial charge is 0.355 e. The third-order valence-corrected chi connectivity index (χ3v) is 7.95. The highest BCUT2D eigenvalue weighted by Crippen LogP contribution is 2.52. The number of carbonyl (C=O) groups excluding carboxylic acids is 2. The van der Waals surface area contributed by atoms with Crippen molar-refractivity contribution in [2.24, 2.45) is 40.5 Å². The van der Waals surface area contributed by atoms with Gasteiger partial charge < -0.3 is 10.6 Å². The first-order valence-corrected chi connectivity index (χ1v) is 12.1. The Kier molecular flexibility index (Phi) is 8.63. The number of rotatable bonds is 7. The first-order chi connectivity index (χ1) is 14.9. The zero-order chi connectivity index (χ0) is 22.1. The normalized spacial score (nSPS) is 31.3. The van der Waals surface area contributed by atoms with Gasteiger partial charge in [-0.15, -0.1) is 24.0 Å². The molecule has 0 aromatic heterocycles. The quantitative estimate of drug-likeness (QED) is 0.165. The molecular formula is C24H40IN5O2. The van der Waals surface area contributed by atoms with E-state index >= 15 is 0 Å². The highest BCUT2D eigenvalue weighted by molar-refractivity contribution is 14.0.